The zero-order chi connectivity index (χ0) is 51.6. The van der Waals surface area contributed by atoms with E-state index >= 15 is 0 Å². The highest BCUT2D eigenvalue weighted by molar-refractivity contribution is 6.26. The molecule has 7 aliphatic rings. The van der Waals surface area contributed by atoms with Gasteiger partial charge >= 0.3 is 0 Å². The summed E-state index contributed by atoms with van der Waals surface area (Å²) in [4.78, 5) is 78.3. The lowest BCUT2D eigenvalue weighted by molar-refractivity contribution is -0.204. The van der Waals surface area contributed by atoms with Crippen LogP contribution in [0.4, 0.5) is 5.69 Å². The molecule has 0 spiro atoms. The van der Waals surface area contributed by atoms with Crippen LogP contribution in [0, 0.1) is 56.7 Å². The lowest BCUT2D eigenvalue weighted by Gasteiger charge is -2.71. The number of fused-ring (bicyclic) bond motifs is 8. The summed E-state index contributed by atoms with van der Waals surface area (Å²) >= 11 is 0. The molecule has 5 aliphatic carbocycles. The van der Waals surface area contributed by atoms with Crippen molar-refractivity contribution in [3.8, 4) is 0 Å². The molecule has 72 heavy (non-hydrogen) atoms. The van der Waals surface area contributed by atoms with Crippen molar-refractivity contribution in [2.75, 3.05) is 64.7 Å². The summed E-state index contributed by atoms with van der Waals surface area (Å²) < 4.78 is 22.4. The van der Waals surface area contributed by atoms with Gasteiger partial charge in [-0.05, 0) is 140 Å². The number of piperidine rings is 1. The maximum atomic E-state index is 14.6. The Hall–Kier alpha value is -4.02. The van der Waals surface area contributed by atoms with E-state index in [2.05, 4.69) is 70.5 Å². The van der Waals surface area contributed by atoms with E-state index in [0.717, 1.165) is 75.5 Å². The summed E-state index contributed by atoms with van der Waals surface area (Å²) in [5, 5.41) is 19.4. The Kier molecular flexibility index (Phi) is 16.6. The predicted molar refractivity (Wildman–Crippen MR) is 271 cm³/mol. The average Bonchev–Trinajstić information content (AvgIpc) is 3.59. The van der Waals surface area contributed by atoms with Crippen molar-refractivity contribution >= 4 is 41.1 Å². The van der Waals surface area contributed by atoms with Gasteiger partial charge in [0, 0.05) is 19.6 Å². The van der Waals surface area contributed by atoms with Gasteiger partial charge in [-0.2, -0.15) is 0 Å². The highest BCUT2D eigenvalue weighted by Crippen LogP contribution is 2.75. The van der Waals surface area contributed by atoms with E-state index in [0.29, 0.717) is 69.2 Å². The number of amides is 6. The molecule has 1 aromatic carbocycles. The Morgan fingerprint density at radius 3 is 2.18 bits per heavy atom. The topological polar surface area (TPSA) is 199 Å². The largest absolute Gasteiger partial charge is 0.393 e. The minimum Gasteiger partial charge on any atom is -0.393 e. The number of unbranched alkanes of at least 4 members (excludes halogenated alkanes) is 3. The number of nitrogens with one attached hydrogen (secondary N) is 3. The molecule has 2 heterocycles. The summed E-state index contributed by atoms with van der Waals surface area (Å²) in [6.07, 6.45) is 16.1. The average molecular weight is 1000 g/mol. The molecule has 8 rings (SSSR count). The van der Waals surface area contributed by atoms with Crippen LogP contribution in [0.15, 0.2) is 29.8 Å². The van der Waals surface area contributed by atoms with E-state index in [9.17, 15) is 33.9 Å². The van der Waals surface area contributed by atoms with E-state index in [4.69, 9.17) is 18.9 Å². The van der Waals surface area contributed by atoms with E-state index < -0.39 is 35.6 Å². The molecule has 11 atom stereocenters. The summed E-state index contributed by atoms with van der Waals surface area (Å²) in [5.41, 5.74) is 1.90. The molecule has 2 aliphatic heterocycles. The fraction of sp³-hybridized carbons (Fsp3) is 0.754. The fourth-order valence-corrected chi connectivity index (χ4v) is 15.6. The maximum absolute atomic E-state index is 14.6. The van der Waals surface area contributed by atoms with Gasteiger partial charge in [0.05, 0.1) is 68.0 Å². The van der Waals surface area contributed by atoms with E-state index in [1.165, 1.54) is 31.0 Å². The van der Waals surface area contributed by atoms with Gasteiger partial charge in [-0.15, -0.1) is 0 Å². The minimum absolute atomic E-state index is 0.00418. The number of benzene rings is 1. The third-order valence-corrected chi connectivity index (χ3v) is 20.0. The Bertz CT molecular complexity index is 2250. The number of hydrogen-bond acceptors (Lipinski definition) is 11. The Morgan fingerprint density at radius 1 is 0.764 bits per heavy atom. The molecule has 5 fully saturated rings. The van der Waals surface area contributed by atoms with Crippen molar-refractivity contribution in [2.45, 2.75) is 157 Å². The van der Waals surface area contributed by atoms with Crippen LogP contribution in [0.1, 0.15) is 165 Å². The van der Waals surface area contributed by atoms with Gasteiger partial charge in [0.25, 0.3) is 11.8 Å². The molecule has 6 amide bonds. The number of nitrogens with zero attached hydrogens (tertiary/aromatic N) is 1. The smallest absolute Gasteiger partial charge is 0.264 e. The van der Waals surface area contributed by atoms with Crippen molar-refractivity contribution in [3.05, 3.63) is 41.0 Å². The van der Waals surface area contributed by atoms with Crippen molar-refractivity contribution in [1.82, 2.24) is 15.5 Å². The summed E-state index contributed by atoms with van der Waals surface area (Å²) in [6.45, 7) is 20.4. The SMILES string of the molecule is C[C@H]1[C@H](C)CC[C@]2(C(=O)NCCCCCCOCCOCCOCCOCC(=O)Nc3cccc4c3C(=O)N(C3CCC(=O)NC3=O)C4=O)CC[C@]3(C)C(=CC[C@@H]4[C@@]5(C)CC[C@H](O)C(C)(C)[C@@H]5CC[C@]43C)[C@H]12. The van der Waals surface area contributed by atoms with Gasteiger partial charge in [0.2, 0.25) is 23.6 Å². The van der Waals surface area contributed by atoms with Crippen LogP contribution in [0.5, 0.6) is 0 Å². The molecule has 15 heteroatoms. The minimum atomic E-state index is -1.10. The van der Waals surface area contributed by atoms with Crippen LogP contribution in [-0.4, -0.2) is 117 Å². The number of hydrogen-bond donors (Lipinski definition) is 4. The normalized spacial score (nSPS) is 34.8. The van der Waals surface area contributed by atoms with E-state index in [1.54, 1.807) is 5.57 Å². The third-order valence-electron chi connectivity index (χ3n) is 20.0. The second-order valence-corrected chi connectivity index (χ2v) is 24.0. The lowest BCUT2D eigenvalue weighted by Crippen LogP contribution is -2.66. The number of aliphatic hydroxyl groups excluding tert-OH is 1. The monoisotopic (exact) mass is 1000 g/mol. The lowest BCUT2D eigenvalue weighted by atomic mass is 9.33. The molecule has 1 unspecified atom stereocenters. The van der Waals surface area contributed by atoms with Crippen molar-refractivity contribution < 1.29 is 52.8 Å². The summed E-state index contributed by atoms with van der Waals surface area (Å²) in [7, 11) is 0. The molecule has 4 saturated carbocycles. The number of rotatable bonds is 21. The maximum Gasteiger partial charge on any atom is 0.264 e. The molecule has 15 nitrogen and oxygen atoms in total. The zero-order valence-electron chi connectivity index (χ0n) is 44.3. The van der Waals surface area contributed by atoms with Crippen LogP contribution >= 0.6 is 0 Å². The first kappa shape index (κ1) is 54.2. The van der Waals surface area contributed by atoms with Crippen molar-refractivity contribution in [2.24, 2.45) is 56.7 Å². The standard InChI is InChI=1S/C57H84N4O11/c1-36-19-24-57(26-25-55(6)39(48(57)37(36)2)15-17-43-54(5)22-21-44(62)53(3,4)42(54)20-23-56(43,55)7)52(68)58-27-10-8-9-11-28-69-29-30-70-31-32-71-33-34-72-35-46(64)59-40-14-12-13-38-47(40)51(67)61(50(38)66)41-16-18-45(63)60-49(41)65/h12-15,36-37,41-44,48,62H,8-11,16-35H2,1-7H3,(H,58,68)(H,59,64)(H,60,63,65)/t36-,37+,41?,42+,43-,44+,48+,54+,55-,56-,57+/m1/s1. The quantitative estimate of drug-likeness (QED) is 0.0533. The van der Waals surface area contributed by atoms with Gasteiger partial charge in [0.15, 0.2) is 0 Å². The van der Waals surface area contributed by atoms with E-state index in [1.807, 2.05) is 0 Å². The molecular weight excluding hydrogens is 917 g/mol. The number of anilines is 1. The first-order valence-corrected chi connectivity index (χ1v) is 27.4. The fourth-order valence-electron chi connectivity index (χ4n) is 15.6. The van der Waals surface area contributed by atoms with Crippen LogP contribution in [0.3, 0.4) is 0 Å². The van der Waals surface area contributed by atoms with Gasteiger partial charge in [-0.3, -0.25) is 39.0 Å². The number of carbonyl (C=O) groups excluding carboxylic acids is 6. The predicted octanol–water partition coefficient (Wildman–Crippen LogP) is 7.79. The number of imide groups is 2. The van der Waals surface area contributed by atoms with Crippen LogP contribution in [0.2, 0.25) is 0 Å². The molecule has 398 valence electrons. The molecule has 0 radical (unpaired) electrons. The first-order chi connectivity index (χ1) is 34.3. The van der Waals surface area contributed by atoms with Gasteiger partial charge < -0.3 is 34.7 Å². The summed E-state index contributed by atoms with van der Waals surface area (Å²) in [6, 6.07) is 3.40. The third kappa shape index (κ3) is 9.99. The van der Waals surface area contributed by atoms with Crippen LogP contribution in [0.25, 0.3) is 0 Å². The van der Waals surface area contributed by atoms with Crippen LogP contribution in [-0.2, 0) is 38.1 Å². The van der Waals surface area contributed by atoms with Gasteiger partial charge in [-0.1, -0.05) is 79.0 Å². The zero-order valence-corrected chi connectivity index (χ0v) is 44.3. The summed E-state index contributed by atoms with van der Waals surface area (Å²) in [5.74, 6) is -0.289. The van der Waals surface area contributed by atoms with Gasteiger partial charge in [-0.25, -0.2) is 0 Å². The van der Waals surface area contributed by atoms with Gasteiger partial charge in [0.1, 0.15) is 12.6 Å². The Balaban J connectivity index is 0.671. The van der Waals surface area contributed by atoms with E-state index in [-0.39, 0.29) is 88.6 Å². The molecule has 4 N–H and O–H groups in total. The first-order valence-electron chi connectivity index (χ1n) is 27.4. The number of allylic oxidation sites excluding steroid dienone is 2. The molecular formula is C57H84N4O11. The second kappa shape index (κ2) is 22.1. The molecule has 1 aromatic rings. The molecule has 1 saturated heterocycles. The van der Waals surface area contributed by atoms with Crippen LogP contribution < -0.4 is 16.0 Å². The van der Waals surface area contributed by atoms with Crippen molar-refractivity contribution in [3.63, 3.8) is 0 Å². The molecule has 0 bridgehead atoms. The highest BCUT2D eigenvalue weighted by atomic mass is 16.6. The number of carbonyl (C=O) groups is 6. The number of ether oxygens (including phenoxy) is 4. The Morgan fingerprint density at radius 2 is 1.46 bits per heavy atom. The Labute approximate surface area is 427 Å². The molecule has 0 aromatic heterocycles. The van der Waals surface area contributed by atoms with Crippen molar-refractivity contribution in [1.29, 1.82) is 0 Å². The second-order valence-electron chi connectivity index (χ2n) is 24.0. The number of aliphatic hydroxyl groups is 1. The highest BCUT2D eigenvalue weighted by Gasteiger charge is 2.69.